The van der Waals surface area contributed by atoms with E-state index in [2.05, 4.69) is 10.1 Å². The van der Waals surface area contributed by atoms with Gasteiger partial charge in [-0.1, -0.05) is 23.7 Å². The molecule has 4 heterocycles. The Hall–Kier alpha value is -4.50. The van der Waals surface area contributed by atoms with E-state index in [9.17, 15) is 9.59 Å². The van der Waals surface area contributed by atoms with Crippen LogP contribution in [0.4, 0.5) is 0 Å². The summed E-state index contributed by atoms with van der Waals surface area (Å²) in [5, 5.41) is 5.67. The van der Waals surface area contributed by atoms with E-state index in [4.69, 9.17) is 21.3 Å². The summed E-state index contributed by atoms with van der Waals surface area (Å²) in [7, 11) is 5.12. The average Bonchev–Trinajstić information content (AvgIpc) is 3.34. The molecular formula is C29H27ClN6O3. The minimum absolute atomic E-state index is 0.0942. The monoisotopic (exact) mass is 542 g/mol. The van der Waals surface area contributed by atoms with Gasteiger partial charge in [-0.2, -0.15) is 5.10 Å². The van der Waals surface area contributed by atoms with Crippen molar-refractivity contribution >= 4 is 28.4 Å². The molecule has 0 atom stereocenters. The third-order valence-corrected chi connectivity index (χ3v) is 6.82. The number of pyridine rings is 3. The molecule has 198 valence electrons. The molecule has 5 rings (SSSR count). The summed E-state index contributed by atoms with van der Waals surface area (Å²) in [6, 6.07) is 13.0. The van der Waals surface area contributed by atoms with Crippen LogP contribution in [-0.2, 0) is 20.2 Å². The van der Waals surface area contributed by atoms with E-state index in [0.29, 0.717) is 21.9 Å². The normalized spacial score (nSPS) is 11.1. The molecule has 0 aliphatic rings. The van der Waals surface area contributed by atoms with Crippen molar-refractivity contribution < 1.29 is 9.53 Å². The Morgan fingerprint density at radius 3 is 2.69 bits per heavy atom. The number of fused-ring (bicyclic) bond motifs is 1. The average molecular weight is 543 g/mol. The lowest BCUT2D eigenvalue weighted by atomic mass is 10.0. The molecule has 0 saturated carbocycles. The van der Waals surface area contributed by atoms with Crippen molar-refractivity contribution in [2.75, 3.05) is 14.1 Å². The molecular weight excluding hydrogens is 516 g/mol. The molecule has 4 aromatic heterocycles. The Bertz CT molecular complexity index is 1760. The Morgan fingerprint density at radius 1 is 1.13 bits per heavy atom. The highest BCUT2D eigenvalue weighted by molar-refractivity contribution is 6.31. The zero-order chi connectivity index (χ0) is 27.7. The number of para-hydroxylation sites is 1. The van der Waals surface area contributed by atoms with Crippen LogP contribution in [0.5, 0.6) is 5.75 Å². The first-order valence-corrected chi connectivity index (χ1v) is 12.7. The number of amides is 1. The van der Waals surface area contributed by atoms with Gasteiger partial charge in [0.15, 0.2) is 0 Å². The quantitative estimate of drug-likeness (QED) is 0.301. The zero-order valence-corrected chi connectivity index (χ0v) is 22.8. The Morgan fingerprint density at radius 2 is 1.95 bits per heavy atom. The highest BCUT2D eigenvalue weighted by Crippen LogP contribution is 2.33. The number of carbonyl (C=O) groups is 1. The molecule has 0 radical (unpaired) electrons. The maximum absolute atomic E-state index is 13.0. The second kappa shape index (κ2) is 10.7. The first-order valence-electron chi connectivity index (χ1n) is 12.3. The number of ether oxygens (including phenoxy) is 1. The number of aromatic nitrogens is 5. The van der Waals surface area contributed by atoms with Crippen LogP contribution in [0.15, 0.2) is 72.0 Å². The van der Waals surface area contributed by atoms with Crippen molar-refractivity contribution in [1.82, 2.24) is 29.2 Å². The summed E-state index contributed by atoms with van der Waals surface area (Å²) >= 11 is 6.56. The second-order valence-corrected chi connectivity index (χ2v) is 9.81. The third-order valence-electron chi connectivity index (χ3n) is 6.49. The second-order valence-electron chi connectivity index (χ2n) is 9.41. The number of nitrogens with zero attached hydrogens (tertiary/aromatic N) is 6. The van der Waals surface area contributed by atoms with E-state index in [1.54, 1.807) is 44.9 Å². The van der Waals surface area contributed by atoms with Crippen molar-refractivity contribution in [2.24, 2.45) is 7.05 Å². The van der Waals surface area contributed by atoms with Gasteiger partial charge in [0.2, 0.25) is 0 Å². The SMILES string of the molecule is Cc1cc(-c2ccnn2C)c2cccc(OCc3c(Cl)cncc3Cn3cccc(C(=O)N(C)C)c3=O)c2n1. The fourth-order valence-corrected chi connectivity index (χ4v) is 4.75. The summed E-state index contributed by atoms with van der Waals surface area (Å²) in [4.78, 5) is 35.9. The molecule has 9 nitrogen and oxygen atoms in total. The molecule has 0 aliphatic heterocycles. The van der Waals surface area contributed by atoms with Gasteiger partial charge in [0.05, 0.1) is 17.3 Å². The van der Waals surface area contributed by atoms with Gasteiger partial charge in [-0.3, -0.25) is 19.3 Å². The standard InChI is InChI=1S/C29H27ClN6O3/c1-18-13-22(25-10-11-32-35(25)4)20-7-5-9-26(27(20)33-18)39-17-23-19(14-31-15-24(23)30)16-36-12-6-8-21(29(36)38)28(37)34(2)3/h5-15H,16-17H2,1-4H3. The number of carbonyl (C=O) groups excluding carboxylic acids is 1. The first-order chi connectivity index (χ1) is 18.7. The van der Waals surface area contributed by atoms with Crippen LogP contribution in [-0.4, -0.2) is 49.2 Å². The van der Waals surface area contributed by atoms with Crippen LogP contribution in [0.25, 0.3) is 22.2 Å². The molecule has 5 aromatic rings. The van der Waals surface area contributed by atoms with Gasteiger partial charge in [0, 0.05) is 68.1 Å². The van der Waals surface area contributed by atoms with Crippen LogP contribution in [0, 0.1) is 6.92 Å². The summed E-state index contributed by atoms with van der Waals surface area (Å²) in [5.41, 5.74) is 4.67. The maximum Gasteiger partial charge on any atom is 0.263 e. The molecule has 1 aromatic carbocycles. The lowest BCUT2D eigenvalue weighted by Gasteiger charge is -2.16. The minimum Gasteiger partial charge on any atom is -0.487 e. The van der Waals surface area contributed by atoms with E-state index < -0.39 is 0 Å². The lowest BCUT2D eigenvalue weighted by Crippen LogP contribution is -2.32. The maximum atomic E-state index is 13.0. The van der Waals surface area contributed by atoms with Crippen molar-refractivity contribution in [3.63, 3.8) is 0 Å². The highest BCUT2D eigenvalue weighted by atomic mass is 35.5. The van der Waals surface area contributed by atoms with Crippen molar-refractivity contribution in [3.05, 3.63) is 105 Å². The summed E-state index contributed by atoms with van der Waals surface area (Å²) in [6.07, 6.45) is 6.60. The molecule has 0 saturated heterocycles. The van der Waals surface area contributed by atoms with Gasteiger partial charge in [-0.25, -0.2) is 4.98 Å². The van der Waals surface area contributed by atoms with Crippen LogP contribution >= 0.6 is 11.6 Å². The van der Waals surface area contributed by atoms with E-state index >= 15 is 0 Å². The Kier molecular flexibility index (Phi) is 7.17. The summed E-state index contributed by atoms with van der Waals surface area (Å²) in [5.74, 6) is 0.251. The molecule has 39 heavy (non-hydrogen) atoms. The first kappa shape index (κ1) is 26.1. The van der Waals surface area contributed by atoms with Crippen molar-refractivity contribution in [2.45, 2.75) is 20.1 Å². The molecule has 0 fully saturated rings. The smallest absolute Gasteiger partial charge is 0.263 e. The van der Waals surface area contributed by atoms with E-state index in [1.807, 2.05) is 49.0 Å². The van der Waals surface area contributed by atoms with Gasteiger partial charge in [0.25, 0.3) is 11.5 Å². The van der Waals surface area contributed by atoms with Gasteiger partial charge in [0.1, 0.15) is 23.4 Å². The minimum atomic E-state index is -0.389. The van der Waals surface area contributed by atoms with Crippen molar-refractivity contribution in [1.29, 1.82) is 0 Å². The molecule has 1 amide bonds. The van der Waals surface area contributed by atoms with E-state index in [0.717, 1.165) is 27.9 Å². The number of halogens is 1. The van der Waals surface area contributed by atoms with E-state index in [1.165, 1.54) is 15.5 Å². The molecule has 10 heteroatoms. The zero-order valence-electron chi connectivity index (χ0n) is 22.1. The third kappa shape index (κ3) is 5.13. The highest BCUT2D eigenvalue weighted by Gasteiger charge is 2.17. The van der Waals surface area contributed by atoms with Crippen LogP contribution in [0.1, 0.15) is 27.2 Å². The van der Waals surface area contributed by atoms with Crippen LogP contribution < -0.4 is 10.3 Å². The van der Waals surface area contributed by atoms with Gasteiger partial charge >= 0.3 is 0 Å². The van der Waals surface area contributed by atoms with Gasteiger partial charge in [-0.05, 0) is 42.8 Å². The van der Waals surface area contributed by atoms with Gasteiger partial charge < -0.3 is 14.2 Å². The summed E-state index contributed by atoms with van der Waals surface area (Å²) < 4.78 is 9.60. The van der Waals surface area contributed by atoms with Crippen LogP contribution in [0.2, 0.25) is 5.02 Å². The van der Waals surface area contributed by atoms with Crippen LogP contribution in [0.3, 0.4) is 0 Å². The molecule has 0 spiro atoms. The number of hydrogen-bond donors (Lipinski definition) is 0. The number of rotatable bonds is 7. The largest absolute Gasteiger partial charge is 0.487 e. The predicted molar refractivity (Wildman–Crippen MR) is 150 cm³/mol. The number of benzene rings is 1. The fraction of sp³-hybridized carbons (Fsp3) is 0.207. The number of hydrogen-bond acceptors (Lipinski definition) is 6. The lowest BCUT2D eigenvalue weighted by molar-refractivity contribution is 0.0825. The molecule has 0 bridgehead atoms. The number of aryl methyl sites for hydroxylation is 2. The Balaban J connectivity index is 1.49. The van der Waals surface area contributed by atoms with Gasteiger partial charge in [-0.15, -0.1) is 0 Å². The van der Waals surface area contributed by atoms with Crippen molar-refractivity contribution in [3.8, 4) is 17.0 Å². The summed E-state index contributed by atoms with van der Waals surface area (Å²) in [6.45, 7) is 2.26. The molecule has 0 aliphatic carbocycles. The molecule has 0 N–H and O–H groups in total. The predicted octanol–water partition coefficient (Wildman–Crippen LogP) is 4.48. The fourth-order valence-electron chi connectivity index (χ4n) is 4.52. The molecule has 0 unspecified atom stereocenters. The van der Waals surface area contributed by atoms with E-state index in [-0.39, 0.29) is 30.2 Å². The topological polar surface area (TPSA) is 95.1 Å². The Labute approximate surface area is 230 Å².